The van der Waals surface area contributed by atoms with Gasteiger partial charge >= 0.3 is 5.97 Å². The van der Waals surface area contributed by atoms with Crippen molar-refractivity contribution in [3.63, 3.8) is 0 Å². The van der Waals surface area contributed by atoms with Crippen molar-refractivity contribution in [2.45, 2.75) is 25.9 Å². The average molecular weight is 278 g/mol. The van der Waals surface area contributed by atoms with Crippen molar-refractivity contribution in [3.8, 4) is 11.6 Å². The molecule has 2 heterocycles. The number of hydrogen-bond acceptors (Lipinski definition) is 6. The summed E-state index contributed by atoms with van der Waals surface area (Å²) in [5.41, 5.74) is 0.0712. The van der Waals surface area contributed by atoms with E-state index in [2.05, 4.69) is 20.1 Å². The van der Waals surface area contributed by atoms with Gasteiger partial charge < -0.3 is 19.4 Å². The third-order valence-corrected chi connectivity index (χ3v) is 3.15. The lowest BCUT2D eigenvalue weighted by Crippen LogP contribution is -2.08. The summed E-state index contributed by atoms with van der Waals surface area (Å²) >= 11 is 0. The van der Waals surface area contributed by atoms with Gasteiger partial charge in [-0.2, -0.15) is 4.98 Å². The van der Waals surface area contributed by atoms with Gasteiger partial charge in [0.05, 0.1) is 6.33 Å². The summed E-state index contributed by atoms with van der Waals surface area (Å²) in [5.74, 6) is -0.166. The molecule has 0 radical (unpaired) electrons. The van der Waals surface area contributed by atoms with Gasteiger partial charge in [0.15, 0.2) is 5.69 Å². The first-order valence-electron chi connectivity index (χ1n) is 6.43. The number of hydrogen-bond donors (Lipinski definition) is 2. The molecule has 0 saturated heterocycles. The molecular weight excluding hydrogens is 264 g/mol. The van der Waals surface area contributed by atoms with Crippen molar-refractivity contribution in [2.75, 3.05) is 6.61 Å². The lowest BCUT2D eigenvalue weighted by Gasteiger charge is -2.10. The number of aromatic carboxylic acids is 1. The van der Waals surface area contributed by atoms with E-state index in [1.54, 1.807) is 0 Å². The van der Waals surface area contributed by atoms with Crippen LogP contribution in [0.25, 0.3) is 11.6 Å². The molecule has 1 fully saturated rings. The second-order valence-electron chi connectivity index (χ2n) is 4.60. The summed E-state index contributed by atoms with van der Waals surface area (Å²) in [6.07, 6.45) is 3.26. The molecule has 0 spiro atoms. The van der Waals surface area contributed by atoms with Gasteiger partial charge in [-0.3, -0.25) is 0 Å². The van der Waals surface area contributed by atoms with Gasteiger partial charge in [-0.25, -0.2) is 9.78 Å². The van der Waals surface area contributed by atoms with E-state index in [1.807, 2.05) is 6.92 Å². The first kappa shape index (κ1) is 12.8. The van der Waals surface area contributed by atoms with Crippen molar-refractivity contribution in [3.05, 3.63) is 17.8 Å². The van der Waals surface area contributed by atoms with Crippen LogP contribution in [0.4, 0.5) is 0 Å². The van der Waals surface area contributed by atoms with Crippen LogP contribution in [-0.2, 0) is 4.74 Å². The van der Waals surface area contributed by atoms with E-state index >= 15 is 0 Å². The number of rotatable bonds is 6. The highest BCUT2D eigenvalue weighted by Crippen LogP contribution is 2.42. The number of carboxylic acid groups (broad SMARTS) is 1. The topological polar surface area (TPSA) is 114 Å². The van der Waals surface area contributed by atoms with E-state index in [0.717, 1.165) is 12.8 Å². The minimum Gasteiger partial charge on any atom is -0.476 e. The number of ether oxygens (including phenoxy) is 1. The van der Waals surface area contributed by atoms with Crippen molar-refractivity contribution in [2.24, 2.45) is 5.92 Å². The standard InChI is InChI=1S/C12H14N4O4/c1-2-19-9(6-3-4-6)10-15-11(20-16-10)7-8(12(17)18)14-5-13-7/h5-6,9H,2-4H2,1H3,(H,13,14)(H,17,18). The fourth-order valence-electron chi connectivity index (χ4n) is 2.07. The fourth-order valence-corrected chi connectivity index (χ4v) is 2.07. The molecule has 0 bridgehead atoms. The van der Waals surface area contributed by atoms with Crippen LogP contribution in [0.3, 0.4) is 0 Å². The molecule has 0 aliphatic heterocycles. The number of H-pyrrole nitrogens is 1. The zero-order valence-electron chi connectivity index (χ0n) is 10.9. The molecule has 1 unspecified atom stereocenters. The number of aromatic nitrogens is 4. The zero-order valence-corrected chi connectivity index (χ0v) is 10.9. The van der Waals surface area contributed by atoms with Gasteiger partial charge in [-0.1, -0.05) is 5.16 Å². The molecule has 0 aromatic carbocycles. The largest absolute Gasteiger partial charge is 0.476 e. The van der Waals surface area contributed by atoms with Crippen LogP contribution < -0.4 is 0 Å². The van der Waals surface area contributed by atoms with Gasteiger partial charge in [-0.15, -0.1) is 0 Å². The smallest absolute Gasteiger partial charge is 0.356 e. The highest BCUT2D eigenvalue weighted by Gasteiger charge is 2.36. The molecule has 8 heteroatoms. The molecule has 1 saturated carbocycles. The molecule has 106 valence electrons. The summed E-state index contributed by atoms with van der Waals surface area (Å²) in [7, 11) is 0. The Morgan fingerprint density at radius 3 is 3.10 bits per heavy atom. The molecule has 0 amide bonds. The van der Waals surface area contributed by atoms with Crippen LogP contribution in [0.2, 0.25) is 0 Å². The number of nitrogens with one attached hydrogen (secondary N) is 1. The Morgan fingerprint density at radius 2 is 2.45 bits per heavy atom. The molecule has 1 aliphatic rings. The summed E-state index contributed by atoms with van der Waals surface area (Å²) in [4.78, 5) is 21.7. The first-order valence-corrected chi connectivity index (χ1v) is 6.43. The van der Waals surface area contributed by atoms with E-state index in [1.165, 1.54) is 6.33 Å². The third kappa shape index (κ3) is 2.29. The predicted molar refractivity (Wildman–Crippen MR) is 65.9 cm³/mol. The number of nitrogens with zero attached hydrogens (tertiary/aromatic N) is 3. The lowest BCUT2D eigenvalue weighted by molar-refractivity contribution is 0.0384. The van der Waals surface area contributed by atoms with Gasteiger partial charge in [0.1, 0.15) is 11.8 Å². The van der Waals surface area contributed by atoms with Crippen LogP contribution in [0.15, 0.2) is 10.9 Å². The molecule has 8 nitrogen and oxygen atoms in total. The Bertz CT molecular complexity index is 617. The molecule has 2 aromatic rings. The maximum Gasteiger partial charge on any atom is 0.356 e. The monoisotopic (exact) mass is 278 g/mol. The van der Waals surface area contributed by atoms with E-state index in [-0.39, 0.29) is 23.4 Å². The van der Waals surface area contributed by atoms with Gasteiger partial charge in [0.25, 0.3) is 5.89 Å². The summed E-state index contributed by atoms with van der Waals surface area (Å²) in [5, 5.41) is 12.9. The van der Waals surface area contributed by atoms with Crippen LogP contribution in [0.1, 0.15) is 42.2 Å². The van der Waals surface area contributed by atoms with Gasteiger partial charge in [-0.05, 0) is 25.7 Å². The van der Waals surface area contributed by atoms with Crippen molar-refractivity contribution >= 4 is 5.97 Å². The molecule has 1 aliphatic carbocycles. The number of carboxylic acids is 1. The van der Waals surface area contributed by atoms with E-state index < -0.39 is 5.97 Å². The second-order valence-corrected chi connectivity index (χ2v) is 4.60. The van der Waals surface area contributed by atoms with Gasteiger partial charge in [0, 0.05) is 6.61 Å². The highest BCUT2D eigenvalue weighted by atomic mass is 16.5. The Hall–Kier alpha value is -2.22. The van der Waals surface area contributed by atoms with Crippen LogP contribution >= 0.6 is 0 Å². The highest BCUT2D eigenvalue weighted by molar-refractivity contribution is 5.91. The van der Waals surface area contributed by atoms with Crippen molar-refractivity contribution in [1.29, 1.82) is 0 Å². The Kier molecular flexibility index (Phi) is 3.23. The fraction of sp³-hybridized carbons (Fsp3) is 0.500. The van der Waals surface area contributed by atoms with Crippen LogP contribution in [0, 0.1) is 5.92 Å². The molecule has 2 N–H and O–H groups in total. The number of imidazole rings is 1. The van der Waals surface area contributed by atoms with Crippen molar-refractivity contribution in [1.82, 2.24) is 20.1 Å². The maximum absolute atomic E-state index is 11.0. The molecule has 20 heavy (non-hydrogen) atoms. The molecule has 1 atom stereocenters. The minimum atomic E-state index is -1.15. The molecular formula is C12H14N4O4. The normalized spacial score (nSPS) is 16.2. The average Bonchev–Trinajstić information content (AvgIpc) is 2.95. The predicted octanol–water partition coefficient (Wildman–Crippen LogP) is 1.65. The number of carbonyl (C=O) groups is 1. The Labute approximate surface area is 114 Å². The van der Waals surface area contributed by atoms with Crippen molar-refractivity contribution < 1.29 is 19.2 Å². The minimum absolute atomic E-state index is 0.111. The third-order valence-electron chi connectivity index (χ3n) is 3.15. The van der Waals surface area contributed by atoms with Crippen LogP contribution in [-0.4, -0.2) is 37.8 Å². The Morgan fingerprint density at radius 1 is 1.65 bits per heavy atom. The van der Waals surface area contributed by atoms with Crippen LogP contribution in [0.5, 0.6) is 0 Å². The Balaban J connectivity index is 1.89. The van der Waals surface area contributed by atoms with E-state index in [9.17, 15) is 4.79 Å². The van der Waals surface area contributed by atoms with E-state index in [4.69, 9.17) is 14.4 Å². The quantitative estimate of drug-likeness (QED) is 0.825. The van der Waals surface area contributed by atoms with E-state index in [0.29, 0.717) is 18.3 Å². The first-order chi connectivity index (χ1) is 9.70. The maximum atomic E-state index is 11.0. The molecule has 2 aromatic heterocycles. The van der Waals surface area contributed by atoms with Gasteiger partial charge in [0.2, 0.25) is 5.82 Å². The second kappa shape index (κ2) is 5.04. The summed E-state index contributed by atoms with van der Waals surface area (Å²) in [6.45, 7) is 2.48. The summed E-state index contributed by atoms with van der Waals surface area (Å²) < 4.78 is 10.8. The SMILES string of the molecule is CCOC(c1noc(-c2[nH]cnc2C(=O)O)n1)C1CC1. The number of aromatic amines is 1. The summed E-state index contributed by atoms with van der Waals surface area (Å²) in [6, 6.07) is 0. The lowest BCUT2D eigenvalue weighted by atomic mass is 10.2. The molecule has 3 rings (SSSR count). The zero-order chi connectivity index (χ0) is 14.1.